The molecule has 2 rings (SSSR count). The minimum Gasteiger partial charge on any atom is -0.349 e. The molecule has 0 saturated carbocycles. The van der Waals surface area contributed by atoms with E-state index in [0.29, 0.717) is 12.2 Å². The number of nitrogens with zero attached hydrogens (tertiary/aromatic N) is 2. The molecule has 0 aliphatic carbocycles. The van der Waals surface area contributed by atoms with Gasteiger partial charge in [0.05, 0.1) is 12.5 Å². The van der Waals surface area contributed by atoms with Crippen molar-refractivity contribution < 1.29 is 4.79 Å². The molecule has 1 heterocycles. The van der Waals surface area contributed by atoms with E-state index in [1.54, 1.807) is 0 Å². The van der Waals surface area contributed by atoms with Crippen molar-refractivity contribution in [3.63, 3.8) is 0 Å². The average Bonchev–Trinajstić information content (AvgIpc) is 2.99. The summed E-state index contributed by atoms with van der Waals surface area (Å²) in [4.78, 5) is 20.6. The van der Waals surface area contributed by atoms with Crippen LogP contribution in [0.2, 0.25) is 0 Å². The van der Waals surface area contributed by atoms with E-state index in [9.17, 15) is 4.79 Å². The molecule has 0 bridgehead atoms. The first-order valence-corrected chi connectivity index (χ1v) is 6.67. The van der Waals surface area contributed by atoms with Gasteiger partial charge < -0.3 is 10.3 Å². The third-order valence-electron chi connectivity index (χ3n) is 3.33. The second-order valence-electron chi connectivity index (χ2n) is 4.93. The molecule has 5 heteroatoms. The maximum atomic E-state index is 11.8. The number of aromatic amines is 1. The number of rotatable bonds is 6. The van der Waals surface area contributed by atoms with Crippen LogP contribution in [0.1, 0.15) is 23.0 Å². The van der Waals surface area contributed by atoms with E-state index >= 15 is 0 Å². The zero-order valence-electron chi connectivity index (χ0n) is 11.8. The van der Waals surface area contributed by atoms with Crippen molar-refractivity contribution >= 4 is 5.91 Å². The van der Waals surface area contributed by atoms with E-state index < -0.39 is 0 Å². The summed E-state index contributed by atoms with van der Waals surface area (Å²) in [6, 6.07) is 10.5. The molecule has 1 aromatic carbocycles. The van der Waals surface area contributed by atoms with Crippen LogP contribution < -0.4 is 5.32 Å². The molecule has 0 spiro atoms. The van der Waals surface area contributed by atoms with Crippen molar-refractivity contribution in [2.45, 2.75) is 19.5 Å². The highest BCUT2D eigenvalue weighted by atomic mass is 16.1. The monoisotopic (exact) mass is 272 g/mol. The second-order valence-corrected chi connectivity index (χ2v) is 4.93. The molecule has 1 aromatic heterocycles. The van der Waals surface area contributed by atoms with Gasteiger partial charge in [0.15, 0.2) is 0 Å². The van der Waals surface area contributed by atoms with Crippen LogP contribution in [0.4, 0.5) is 0 Å². The van der Waals surface area contributed by atoms with Crippen molar-refractivity contribution in [3.8, 4) is 0 Å². The highest BCUT2D eigenvalue weighted by Gasteiger charge is 2.12. The van der Waals surface area contributed by atoms with Crippen molar-refractivity contribution in [1.82, 2.24) is 20.2 Å². The van der Waals surface area contributed by atoms with E-state index in [2.05, 4.69) is 46.3 Å². The number of hydrogen-bond donors (Lipinski definition) is 2. The summed E-state index contributed by atoms with van der Waals surface area (Å²) in [6.45, 7) is 3.55. The summed E-state index contributed by atoms with van der Waals surface area (Å²) in [5, 5.41) is 2.90. The molecule has 20 heavy (non-hydrogen) atoms. The van der Waals surface area contributed by atoms with Gasteiger partial charge in [-0.3, -0.25) is 9.69 Å². The van der Waals surface area contributed by atoms with Crippen molar-refractivity contribution in [1.29, 1.82) is 0 Å². The summed E-state index contributed by atoms with van der Waals surface area (Å²) in [7, 11) is 2.06. The van der Waals surface area contributed by atoms with Gasteiger partial charge in [-0.05, 0) is 19.5 Å². The minimum atomic E-state index is -0.123. The van der Waals surface area contributed by atoms with E-state index in [1.165, 1.54) is 18.1 Å². The summed E-state index contributed by atoms with van der Waals surface area (Å²) in [5.74, 6) is -0.123. The first-order chi connectivity index (χ1) is 9.66. The number of imidazole rings is 1. The van der Waals surface area contributed by atoms with Gasteiger partial charge >= 0.3 is 0 Å². The molecule has 0 aliphatic rings. The SMILES string of the molecule is CC(CNC(=O)c1cnc[nH]1)N(C)Cc1ccccc1. The van der Waals surface area contributed by atoms with Gasteiger partial charge in [-0.25, -0.2) is 4.98 Å². The summed E-state index contributed by atoms with van der Waals surface area (Å²) >= 11 is 0. The molecule has 0 aliphatic heterocycles. The van der Waals surface area contributed by atoms with Crippen LogP contribution in [0.5, 0.6) is 0 Å². The Morgan fingerprint density at radius 3 is 2.80 bits per heavy atom. The van der Waals surface area contributed by atoms with E-state index in [0.717, 1.165) is 6.54 Å². The fourth-order valence-electron chi connectivity index (χ4n) is 1.90. The molecule has 1 amide bonds. The molecule has 0 radical (unpaired) electrons. The van der Waals surface area contributed by atoms with Gasteiger partial charge in [-0.2, -0.15) is 0 Å². The number of aromatic nitrogens is 2. The lowest BCUT2D eigenvalue weighted by atomic mass is 10.2. The van der Waals surface area contributed by atoms with Crippen LogP contribution in [0.15, 0.2) is 42.9 Å². The van der Waals surface area contributed by atoms with Crippen LogP contribution in [0, 0.1) is 0 Å². The second kappa shape index (κ2) is 6.86. The summed E-state index contributed by atoms with van der Waals surface area (Å²) < 4.78 is 0. The van der Waals surface area contributed by atoms with E-state index in [1.807, 2.05) is 18.2 Å². The minimum absolute atomic E-state index is 0.123. The van der Waals surface area contributed by atoms with Crippen molar-refractivity contribution in [2.75, 3.05) is 13.6 Å². The Morgan fingerprint density at radius 2 is 2.15 bits per heavy atom. The Hall–Kier alpha value is -2.14. The molecule has 5 nitrogen and oxygen atoms in total. The number of likely N-dealkylation sites (N-methyl/N-ethyl adjacent to an activating group) is 1. The molecular formula is C15H20N4O. The van der Waals surface area contributed by atoms with Crippen molar-refractivity contribution in [2.24, 2.45) is 0 Å². The number of carbonyl (C=O) groups excluding carboxylic acids is 1. The Morgan fingerprint density at radius 1 is 1.40 bits per heavy atom. The third kappa shape index (κ3) is 3.93. The van der Waals surface area contributed by atoms with Crippen molar-refractivity contribution in [3.05, 3.63) is 54.1 Å². The smallest absolute Gasteiger partial charge is 0.269 e. The lowest BCUT2D eigenvalue weighted by Crippen LogP contribution is -2.39. The predicted molar refractivity (Wildman–Crippen MR) is 78.3 cm³/mol. The van der Waals surface area contributed by atoms with Gasteiger partial charge in [-0.1, -0.05) is 30.3 Å². The maximum Gasteiger partial charge on any atom is 0.269 e. The quantitative estimate of drug-likeness (QED) is 0.840. The molecule has 1 unspecified atom stereocenters. The number of carbonyl (C=O) groups is 1. The van der Waals surface area contributed by atoms with Crippen LogP contribution in [0.3, 0.4) is 0 Å². The number of benzene rings is 1. The fourth-order valence-corrected chi connectivity index (χ4v) is 1.90. The number of nitrogens with one attached hydrogen (secondary N) is 2. The molecule has 2 N–H and O–H groups in total. The van der Waals surface area contributed by atoms with E-state index in [-0.39, 0.29) is 11.9 Å². The van der Waals surface area contributed by atoms with Gasteiger partial charge in [0, 0.05) is 19.1 Å². The van der Waals surface area contributed by atoms with Crippen LogP contribution in [0.25, 0.3) is 0 Å². The molecule has 2 aromatic rings. The predicted octanol–water partition coefficient (Wildman–Crippen LogP) is 1.66. The number of amides is 1. The van der Waals surface area contributed by atoms with Crippen LogP contribution >= 0.6 is 0 Å². The average molecular weight is 272 g/mol. The summed E-state index contributed by atoms with van der Waals surface area (Å²) in [5.41, 5.74) is 1.75. The van der Waals surface area contributed by atoms with E-state index in [4.69, 9.17) is 0 Å². The molecule has 106 valence electrons. The topological polar surface area (TPSA) is 61.0 Å². The van der Waals surface area contributed by atoms with Gasteiger partial charge in [0.25, 0.3) is 5.91 Å². The largest absolute Gasteiger partial charge is 0.349 e. The fraction of sp³-hybridized carbons (Fsp3) is 0.333. The summed E-state index contributed by atoms with van der Waals surface area (Å²) in [6.07, 6.45) is 3.02. The lowest BCUT2D eigenvalue weighted by Gasteiger charge is -2.24. The molecule has 0 fully saturated rings. The molecule has 0 saturated heterocycles. The Bertz CT molecular complexity index is 524. The first-order valence-electron chi connectivity index (χ1n) is 6.67. The zero-order valence-corrected chi connectivity index (χ0v) is 11.8. The Balaban J connectivity index is 1.79. The Labute approximate surface area is 119 Å². The van der Waals surface area contributed by atoms with Gasteiger partial charge in [-0.15, -0.1) is 0 Å². The first kappa shape index (κ1) is 14.3. The van der Waals surface area contributed by atoms with Gasteiger partial charge in [0.1, 0.15) is 5.69 Å². The number of H-pyrrole nitrogens is 1. The third-order valence-corrected chi connectivity index (χ3v) is 3.33. The van der Waals surface area contributed by atoms with Crippen LogP contribution in [-0.4, -0.2) is 40.4 Å². The van der Waals surface area contributed by atoms with Crippen LogP contribution in [-0.2, 0) is 6.54 Å². The lowest BCUT2D eigenvalue weighted by molar-refractivity contribution is 0.0935. The maximum absolute atomic E-state index is 11.8. The Kier molecular flexibility index (Phi) is 4.90. The standard InChI is InChI=1S/C15H20N4O/c1-12(8-17-15(20)14-9-16-11-18-14)19(2)10-13-6-4-3-5-7-13/h3-7,9,11-12H,8,10H2,1-2H3,(H,16,18)(H,17,20). The number of hydrogen-bond acceptors (Lipinski definition) is 3. The highest BCUT2D eigenvalue weighted by molar-refractivity contribution is 5.91. The molecular weight excluding hydrogens is 252 g/mol. The molecule has 1 atom stereocenters. The highest BCUT2D eigenvalue weighted by Crippen LogP contribution is 2.05. The zero-order chi connectivity index (χ0) is 14.4. The van der Waals surface area contributed by atoms with Gasteiger partial charge in [0.2, 0.25) is 0 Å². The normalized spacial score (nSPS) is 12.3.